The number of carbonyl (C=O) groups is 1. The Labute approximate surface area is 139 Å². The van der Waals surface area contributed by atoms with Gasteiger partial charge in [0.25, 0.3) is 0 Å². The number of ether oxygens (including phenoxy) is 3. The number of hydrogen-bond donors (Lipinski definition) is 1. The fraction of sp³-hybridized carbons (Fsp3) is 0.944. The Kier molecular flexibility index (Phi) is 6.22. The van der Waals surface area contributed by atoms with Gasteiger partial charge in [-0.3, -0.25) is 4.79 Å². The first-order chi connectivity index (χ1) is 10.8. The summed E-state index contributed by atoms with van der Waals surface area (Å²) in [5.74, 6) is 0.806. The molecule has 0 bridgehead atoms. The maximum absolute atomic E-state index is 11.9. The van der Waals surface area contributed by atoms with Crippen LogP contribution >= 0.6 is 0 Å². The van der Waals surface area contributed by atoms with Crippen molar-refractivity contribution in [1.82, 2.24) is 0 Å². The zero-order valence-corrected chi connectivity index (χ0v) is 15.1. The standard InChI is InChI=1S/C18H32O5/c1-11(12(2)19)13-8-15(20)14-9-18(3,4)17(16(13)14)23-10-22-7-6-21-5/h11,13-17,20H,6-10H2,1-5H3/t11?,13-,14+,15-,16-,17+/m0/s1. The Balaban J connectivity index is 2.06. The van der Waals surface area contributed by atoms with E-state index < -0.39 is 0 Å². The summed E-state index contributed by atoms with van der Waals surface area (Å²) in [6.07, 6.45) is 1.33. The Morgan fingerprint density at radius 3 is 2.65 bits per heavy atom. The number of methoxy groups -OCH3 is 1. The number of rotatable bonds is 8. The summed E-state index contributed by atoms with van der Waals surface area (Å²) in [5, 5.41) is 10.5. The number of aliphatic hydroxyl groups is 1. The number of aliphatic hydroxyl groups excluding tert-OH is 1. The molecular formula is C18H32O5. The molecule has 0 aromatic carbocycles. The first kappa shape index (κ1) is 18.8. The van der Waals surface area contributed by atoms with Gasteiger partial charge >= 0.3 is 0 Å². The molecule has 0 saturated heterocycles. The van der Waals surface area contributed by atoms with E-state index >= 15 is 0 Å². The highest BCUT2D eigenvalue weighted by Crippen LogP contribution is 2.57. The lowest BCUT2D eigenvalue weighted by molar-refractivity contribution is -0.142. The maximum Gasteiger partial charge on any atom is 0.147 e. The highest BCUT2D eigenvalue weighted by Gasteiger charge is 2.58. The summed E-state index contributed by atoms with van der Waals surface area (Å²) in [4.78, 5) is 11.9. The van der Waals surface area contributed by atoms with Crippen LogP contribution in [-0.4, -0.2) is 50.2 Å². The zero-order valence-electron chi connectivity index (χ0n) is 15.1. The van der Waals surface area contributed by atoms with Gasteiger partial charge in [-0.1, -0.05) is 20.8 Å². The summed E-state index contributed by atoms with van der Waals surface area (Å²) in [6, 6.07) is 0. The number of carbonyl (C=O) groups excluding carboxylic acids is 1. The number of ketones is 1. The van der Waals surface area contributed by atoms with E-state index in [1.807, 2.05) is 6.92 Å². The summed E-state index contributed by atoms with van der Waals surface area (Å²) in [5.41, 5.74) is -0.0177. The first-order valence-electron chi connectivity index (χ1n) is 8.66. The van der Waals surface area contributed by atoms with Gasteiger partial charge in [0.05, 0.1) is 25.4 Å². The van der Waals surface area contributed by atoms with Crippen molar-refractivity contribution in [2.24, 2.45) is 29.1 Å². The molecule has 0 aromatic heterocycles. The van der Waals surface area contributed by atoms with Crippen LogP contribution in [0.3, 0.4) is 0 Å². The van der Waals surface area contributed by atoms with Crippen LogP contribution in [0.2, 0.25) is 0 Å². The minimum atomic E-state index is -0.325. The van der Waals surface area contributed by atoms with Crippen molar-refractivity contribution in [3.8, 4) is 0 Å². The third-order valence-corrected chi connectivity index (χ3v) is 5.92. The third kappa shape index (κ3) is 3.95. The minimum absolute atomic E-state index is 0.0130. The SMILES string of the molecule is COCCOCO[C@@H]1[C@@H]2[C@H](CC1(C)C)[C@@H](O)C[C@H]2C(C)C(C)=O. The molecule has 5 nitrogen and oxygen atoms in total. The zero-order chi connectivity index (χ0) is 17.2. The third-order valence-electron chi connectivity index (χ3n) is 5.92. The molecule has 2 aliphatic carbocycles. The van der Waals surface area contributed by atoms with E-state index in [1.165, 1.54) is 0 Å². The van der Waals surface area contributed by atoms with E-state index in [0.29, 0.717) is 19.6 Å². The van der Waals surface area contributed by atoms with Crippen molar-refractivity contribution in [3.05, 3.63) is 0 Å². The van der Waals surface area contributed by atoms with Gasteiger partial charge in [-0.2, -0.15) is 0 Å². The van der Waals surface area contributed by atoms with Crippen molar-refractivity contribution < 1.29 is 24.1 Å². The molecule has 0 heterocycles. The summed E-state index contributed by atoms with van der Waals surface area (Å²) < 4.78 is 16.5. The van der Waals surface area contributed by atoms with Crippen LogP contribution in [0.1, 0.15) is 40.5 Å². The Morgan fingerprint density at radius 1 is 1.35 bits per heavy atom. The average Bonchev–Trinajstić information content (AvgIpc) is 2.92. The van der Waals surface area contributed by atoms with Gasteiger partial charge < -0.3 is 19.3 Å². The Morgan fingerprint density at radius 2 is 2.04 bits per heavy atom. The van der Waals surface area contributed by atoms with Gasteiger partial charge in [0, 0.05) is 13.0 Å². The molecule has 1 N–H and O–H groups in total. The molecule has 23 heavy (non-hydrogen) atoms. The largest absolute Gasteiger partial charge is 0.393 e. The van der Waals surface area contributed by atoms with Crippen LogP contribution in [0.5, 0.6) is 0 Å². The van der Waals surface area contributed by atoms with E-state index in [1.54, 1.807) is 14.0 Å². The van der Waals surface area contributed by atoms with Crippen LogP contribution < -0.4 is 0 Å². The lowest BCUT2D eigenvalue weighted by Gasteiger charge is -2.34. The van der Waals surface area contributed by atoms with E-state index in [9.17, 15) is 9.90 Å². The fourth-order valence-corrected chi connectivity index (χ4v) is 4.65. The van der Waals surface area contributed by atoms with E-state index in [2.05, 4.69) is 13.8 Å². The second-order valence-corrected chi connectivity index (χ2v) is 7.91. The molecule has 5 heteroatoms. The smallest absolute Gasteiger partial charge is 0.147 e. The molecule has 0 radical (unpaired) electrons. The second kappa shape index (κ2) is 7.60. The number of fused-ring (bicyclic) bond motifs is 1. The monoisotopic (exact) mass is 328 g/mol. The molecule has 0 spiro atoms. The quantitative estimate of drug-likeness (QED) is 0.547. The van der Waals surface area contributed by atoms with Gasteiger partial charge in [0.1, 0.15) is 12.6 Å². The van der Waals surface area contributed by atoms with Gasteiger partial charge in [0.2, 0.25) is 0 Å². The van der Waals surface area contributed by atoms with Crippen LogP contribution in [0.15, 0.2) is 0 Å². The highest BCUT2D eigenvalue weighted by molar-refractivity contribution is 5.78. The predicted octanol–water partition coefficient (Wildman–Crippen LogP) is 2.26. The van der Waals surface area contributed by atoms with Crippen molar-refractivity contribution in [3.63, 3.8) is 0 Å². The van der Waals surface area contributed by atoms with Crippen molar-refractivity contribution in [2.45, 2.75) is 52.7 Å². The number of Topliss-reactive ketones (excluding diaryl/α,β-unsaturated/α-hetero) is 1. The van der Waals surface area contributed by atoms with E-state index in [4.69, 9.17) is 14.2 Å². The number of hydrogen-bond acceptors (Lipinski definition) is 5. The summed E-state index contributed by atoms with van der Waals surface area (Å²) in [6.45, 7) is 9.30. The summed E-state index contributed by atoms with van der Waals surface area (Å²) >= 11 is 0. The highest BCUT2D eigenvalue weighted by atomic mass is 16.7. The molecule has 2 rings (SSSR count). The molecule has 6 atom stereocenters. The van der Waals surface area contributed by atoms with E-state index in [-0.39, 0.29) is 53.9 Å². The lowest BCUT2D eigenvalue weighted by Crippen LogP contribution is -2.37. The molecule has 0 amide bonds. The molecule has 134 valence electrons. The maximum atomic E-state index is 11.9. The normalized spacial score (nSPS) is 36.9. The van der Waals surface area contributed by atoms with Gasteiger partial charge in [-0.25, -0.2) is 0 Å². The Hall–Kier alpha value is -0.490. The topological polar surface area (TPSA) is 65.0 Å². The fourth-order valence-electron chi connectivity index (χ4n) is 4.65. The minimum Gasteiger partial charge on any atom is -0.393 e. The average molecular weight is 328 g/mol. The first-order valence-corrected chi connectivity index (χ1v) is 8.66. The molecule has 1 unspecified atom stereocenters. The van der Waals surface area contributed by atoms with Crippen molar-refractivity contribution in [1.29, 1.82) is 0 Å². The summed E-state index contributed by atoms with van der Waals surface area (Å²) in [7, 11) is 1.64. The molecule has 0 aliphatic heterocycles. The molecular weight excluding hydrogens is 296 g/mol. The van der Waals surface area contributed by atoms with Crippen LogP contribution in [0.4, 0.5) is 0 Å². The molecule has 2 fully saturated rings. The predicted molar refractivity (Wildman–Crippen MR) is 86.9 cm³/mol. The van der Waals surface area contributed by atoms with E-state index in [0.717, 1.165) is 6.42 Å². The van der Waals surface area contributed by atoms with Crippen molar-refractivity contribution in [2.75, 3.05) is 27.1 Å². The molecule has 0 aromatic rings. The molecule has 2 aliphatic rings. The van der Waals surface area contributed by atoms with Gasteiger partial charge in [-0.15, -0.1) is 0 Å². The Bertz CT molecular complexity index is 408. The van der Waals surface area contributed by atoms with Crippen LogP contribution in [0.25, 0.3) is 0 Å². The van der Waals surface area contributed by atoms with Crippen LogP contribution in [0, 0.1) is 29.1 Å². The lowest BCUT2D eigenvalue weighted by atomic mass is 9.77. The van der Waals surface area contributed by atoms with Gasteiger partial charge in [0.15, 0.2) is 0 Å². The van der Waals surface area contributed by atoms with Crippen molar-refractivity contribution >= 4 is 5.78 Å². The second-order valence-electron chi connectivity index (χ2n) is 7.91. The molecule has 2 saturated carbocycles. The van der Waals surface area contributed by atoms with Crippen LogP contribution in [-0.2, 0) is 19.0 Å². The van der Waals surface area contributed by atoms with Gasteiger partial charge in [-0.05, 0) is 42.9 Å².